The first-order valence-corrected chi connectivity index (χ1v) is 14.6. The number of nitrogens with one attached hydrogen (secondary N) is 2. The van der Waals surface area contributed by atoms with Crippen molar-refractivity contribution in [2.24, 2.45) is 11.3 Å². The number of aliphatic hydroxyl groups is 1. The lowest BCUT2D eigenvalue weighted by molar-refractivity contribution is -0.133. The Hall–Kier alpha value is -2.65. The average Bonchev–Trinajstić information content (AvgIpc) is 3.33. The summed E-state index contributed by atoms with van der Waals surface area (Å²) in [4.78, 5) is 43.2. The van der Waals surface area contributed by atoms with E-state index in [0.29, 0.717) is 13.0 Å². The summed E-state index contributed by atoms with van der Waals surface area (Å²) >= 11 is 0. The number of nitrogens with zero attached hydrogens (tertiary/aromatic N) is 2. The minimum Gasteiger partial charge on any atom is -0.444 e. The molecule has 1 aromatic carbocycles. The molecule has 9 nitrogen and oxygen atoms in total. The number of carbonyl (C=O) groups is 3. The van der Waals surface area contributed by atoms with Crippen molar-refractivity contribution >= 4 is 17.9 Å². The number of ether oxygens (including phenoxy) is 1. The molecule has 40 heavy (non-hydrogen) atoms. The molecular weight excluding hydrogens is 508 g/mol. The topological polar surface area (TPSA) is 111 Å². The number of carbonyl (C=O) groups excluding carboxylic acids is 3. The maximum atomic E-state index is 13.7. The summed E-state index contributed by atoms with van der Waals surface area (Å²) in [6.07, 6.45) is 0.929. The normalized spacial score (nSPS) is 16.8. The van der Waals surface area contributed by atoms with Gasteiger partial charge in [0.15, 0.2) is 0 Å². The monoisotopic (exact) mass is 560 g/mol. The molecule has 1 saturated heterocycles. The maximum Gasteiger partial charge on any atom is 0.410 e. The summed E-state index contributed by atoms with van der Waals surface area (Å²) in [5.41, 5.74) is -0.306. The molecule has 9 heteroatoms. The molecule has 1 aliphatic rings. The van der Waals surface area contributed by atoms with Gasteiger partial charge in [-0.15, -0.1) is 0 Å². The second kappa shape index (κ2) is 14.8. The Bertz CT molecular complexity index is 949. The summed E-state index contributed by atoms with van der Waals surface area (Å²) in [6.45, 7) is 17.5. The zero-order chi connectivity index (χ0) is 30.1. The zero-order valence-electron chi connectivity index (χ0n) is 25.8. The predicted octanol–water partition coefficient (Wildman–Crippen LogP) is 3.59. The average molecular weight is 561 g/mol. The van der Waals surface area contributed by atoms with Crippen molar-refractivity contribution in [2.75, 3.05) is 32.7 Å². The van der Waals surface area contributed by atoms with Crippen molar-refractivity contribution in [2.45, 2.75) is 98.4 Å². The Labute approximate surface area is 241 Å². The molecule has 0 unspecified atom stereocenters. The quantitative estimate of drug-likeness (QED) is 0.360. The Kier molecular flexibility index (Phi) is 12.4. The first-order valence-electron chi connectivity index (χ1n) is 14.6. The standard InChI is InChI=1S/C31H52N4O5/c1-22(2)19-35(29(39)40-31(6,7)8)20-25(36)24(18-23-14-10-9-11-15-23)32-28(38)27(30(3,4)5)33-26(37)21-34-16-12-13-17-34/h9-11,14-15,22,24-25,27,36H,12-13,16-21H2,1-8H3,(H,32,38)(H,33,37)/t24-,25+,27+/m0/s1. The molecule has 226 valence electrons. The molecule has 2 rings (SSSR count). The highest BCUT2D eigenvalue weighted by Crippen LogP contribution is 2.21. The smallest absolute Gasteiger partial charge is 0.410 e. The Morgan fingerprint density at radius 3 is 2.10 bits per heavy atom. The van der Waals surface area contributed by atoms with E-state index in [2.05, 4.69) is 15.5 Å². The van der Waals surface area contributed by atoms with Crippen LogP contribution < -0.4 is 10.6 Å². The van der Waals surface area contributed by atoms with Crippen molar-refractivity contribution in [1.29, 1.82) is 0 Å². The second-order valence-corrected chi connectivity index (χ2v) is 13.5. The highest BCUT2D eigenvalue weighted by molar-refractivity contribution is 5.89. The fourth-order valence-corrected chi connectivity index (χ4v) is 4.79. The van der Waals surface area contributed by atoms with Gasteiger partial charge < -0.3 is 25.4 Å². The van der Waals surface area contributed by atoms with Gasteiger partial charge in [0.2, 0.25) is 11.8 Å². The summed E-state index contributed by atoms with van der Waals surface area (Å²) in [6, 6.07) is 8.09. The highest BCUT2D eigenvalue weighted by atomic mass is 16.6. The van der Waals surface area contributed by atoms with Gasteiger partial charge in [0.25, 0.3) is 0 Å². The van der Waals surface area contributed by atoms with Crippen LogP contribution >= 0.6 is 0 Å². The summed E-state index contributed by atoms with van der Waals surface area (Å²) < 4.78 is 5.60. The Balaban J connectivity index is 2.24. The third-order valence-corrected chi connectivity index (χ3v) is 6.73. The van der Waals surface area contributed by atoms with Gasteiger partial charge >= 0.3 is 6.09 Å². The number of hydrogen-bond donors (Lipinski definition) is 3. The molecule has 0 bridgehead atoms. The van der Waals surface area contributed by atoms with E-state index < -0.39 is 35.3 Å². The highest BCUT2D eigenvalue weighted by Gasteiger charge is 2.36. The van der Waals surface area contributed by atoms with Gasteiger partial charge in [-0.25, -0.2) is 4.79 Å². The molecule has 0 spiro atoms. The predicted molar refractivity (Wildman–Crippen MR) is 158 cm³/mol. The van der Waals surface area contributed by atoms with E-state index in [-0.39, 0.29) is 30.8 Å². The van der Waals surface area contributed by atoms with Gasteiger partial charge in [0.05, 0.1) is 25.2 Å². The van der Waals surface area contributed by atoms with Crippen LogP contribution in [0.1, 0.15) is 73.8 Å². The van der Waals surface area contributed by atoms with Crippen molar-refractivity contribution in [3.05, 3.63) is 35.9 Å². The van der Waals surface area contributed by atoms with Crippen LogP contribution in [0.3, 0.4) is 0 Å². The zero-order valence-corrected chi connectivity index (χ0v) is 25.8. The van der Waals surface area contributed by atoms with Crippen LogP contribution in [0, 0.1) is 11.3 Å². The van der Waals surface area contributed by atoms with Crippen LogP contribution in [0.2, 0.25) is 0 Å². The van der Waals surface area contributed by atoms with Crippen LogP contribution in [-0.4, -0.2) is 89.3 Å². The van der Waals surface area contributed by atoms with E-state index in [1.54, 1.807) is 20.8 Å². The van der Waals surface area contributed by atoms with E-state index >= 15 is 0 Å². The molecular formula is C31H52N4O5. The molecule has 0 aliphatic carbocycles. The summed E-state index contributed by atoms with van der Waals surface area (Å²) in [7, 11) is 0. The molecule has 1 aromatic rings. The molecule has 3 amide bonds. The van der Waals surface area contributed by atoms with Gasteiger partial charge in [-0.3, -0.25) is 14.5 Å². The Morgan fingerprint density at radius 1 is 0.975 bits per heavy atom. The lowest BCUT2D eigenvalue weighted by Crippen LogP contribution is -2.59. The number of amides is 3. The minimum atomic E-state index is -1.07. The van der Waals surface area contributed by atoms with Crippen LogP contribution in [0.5, 0.6) is 0 Å². The minimum absolute atomic E-state index is 0.00756. The number of likely N-dealkylation sites (tertiary alicyclic amines) is 1. The lowest BCUT2D eigenvalue weighted by atomic mass is 9.85. The third kappa shape index (κ3) is 11.8. The number of benzene rings is 1. The molecule has 1 heterocycles. The lowest BCUT2D eigenvalue weighted by Gasteiger charge is -2.35. The van der Waals surface area contributed by atoms with Crippen molar-refractivity contribution in [1.82, 2.24) is 20.4 Å². The van der Waals surface area contributed by atoms with Crippen LogP contribution in [0.4, 0.5) is 4.79 Å². The van der Waals surface area contributed by atoms with Crippen molar-refractivity contribution in [3.63, 3.8) is 0 Å². The number of rotatable bonds is 12. The van der Waals surface area contributed by atoms with E-state index in [9.17, 15) is 19.5 Å². The summed E-state index contributed by atoms with van der Waals surface area (Å²) in [5, 5.41) is 17.4. The van der Waals surface area contributed by atoms with Gasteiger partial charge in [0, 0.05) is 6.54 Å². The molecule has 0 aromatic heterocycles. The summed E-state index contributed by atoms with van der Waals surface area (Å²) in [5.74, 6) is -0.405. The molecule has 1 fully saturated rings. The van der Waals surface area contributed by atoms with Crippen LogP contribution in [0.15, 0.2) is 30.3 Å². The largest absolute Gasteiger partial charge is 0.444 e. The fourth-order valence-electron chi connectivity index (χ4n) is 4.79. The van der Waals surface area contributed by atoms with Crippen LogP contribution in [0.25, 0.3) is 0 Å². The molecule has 0 saturated carbocycles. The molecule has 3 N–H and O–H groups in total. The number of aliphatic hydroxyl groups excluding tert-OH is 1. The van der Waals surface area contributed by atoms with Crippen molar-refractivity contribution in [3.8, 4) is 0 Å². The van der Waals surface area contributed by atoms with E-state index in [0.717, 1.165) is 31.5 Å². The van der Waals surface area contributed by atoms with E-state index in [4.69, 9.17) is 4.74 Å². The molecule has 0 radical (unpaired) electrons. The maximum absolute atomic E-state index is 13.7. The third-order valence-electron chi connectivity index (χ3n) is 6.73. The molecule has 3 atom stereocenters. The van der Waals surface area contributed by atoms with E-state index in [1.807, 2.05) is 65.0 Å². The first kappa shape index (κ1) is 33.6. The van der Waals surface area contributed by atoms with Gasteiger partial charge in [0.1, 0.15) is 11.6 Å². The van der Waals surface area contributed by atoms with Gasteiger partial charge in [-0.05, 0) is 70.0 Å². The first-order chi connectivity index (χ1) is 18.5. The fraction of sp³-hybridized carbons (Fsp3) is 0.710. The second-order valence-electron chi connectivity index (χ2n) is 13.5. The number of hydrogen-bond acceptors (Lipinski definition) is 6. The van der Waals surface area contributed by atoms with Gasteiger partial charge in [-0.1, -0.05) is 65.0 Å². The molecule has 1 aliphatic heterocycles. The van der Waals surface area contributed by atoms with Crippen molar-refractivity contribution < 1.29 is 24.2 Å². The van der Waals surface area contributed by atoms with E-state index in [1.165, 1.54) is 4.90 Å². The SMILES string of the molecule is CC(C)CN(C[C@@H](O)[C@H](Cc1ccccc1)NC(=O)[C@@H](NC(=O)CN1CCCC1)C(C)(C)C)C(=O)OC(C)(C)C. The van der Waals surface area contributed by atoms with Crippen LogP contribution in [-0.2, 0) is 20.7 Å². The van der Waals surface area contributed by atoms with Gasteiger partial charge in [-0.2, -0.15) is 0 Å². The Morgan fingerprint density at radius 2 is 1.57 bits per heavy atom.